The van der Waals surface area contributed by atoms with Crippen LogP contribution < -0.4 is 10.0 Å². The summed E-state index contributed by atoms with van der Waals surface area (Å²) in [4.78, 5) is 0. The van der Waals surface area contributed by atoms with E-state index in [2.05, 4.69) is 10.0 Å². The molecule has 0 atom stereocenters. The van der Waals surface area contributed by atoms with Crippen molar-refractivity contribution in [3.8, 4) is 5.75 Å². The van der Waals surface area contributed by atoms with Gasteiger partial charge in [-0.25, -0.2) is 17.5 Å². The standard InChI is InChI=1S/C11H17FN2O3S/c1-2-14-18(16,17)4-3-13-8-9-5-10(12)7-11(15)6-9/h5-7,13-15H,2-4,8H2,1H3. The lowest BCUT2D eigenvalue weighted by Gasteiger charge is -2.07. The second kappa shape index (κ2) is 6.67. The molecule has 0 fully saturated rings. The van der Waals surface area contributed by atoms with Gasteiger partial charge in [0.15, 0.2) is 0 Å². The van der Waals surface area contributed by atoms with Crippen LogP contribution >= 0.6 is 0 Å². The first-order chi connectivity index (χ1) is 8.43. The van der Waals surface area contributed by atoms with E-state index in [9.17, 15) is 17.9 Å². The Morgan fingerprint density at radius 3 is 2.67 bits per heavy atom. The summed E-state index contributed by atoms with van der Waals surface area (Å²) in [6.45, 7) is 2.63. The Bertz CT molecular complexity index is 471. The summed E-state index contributed by atoms with van der Waals surface area (Å²) in [5, 5.41) is 12.0. The first-order valence-corrected chi connectivity index (χ1v) is 7.24. The first kappa shape index (κ1) is 14.9. The van der Waals surface area contributed by atoms with Crippen LogP contribution in [-0.2, 0) is 16.6 Å². The minimum Gasteiger partial charge on any atom is -0.508 e. The molecule has 0 aromatic heterocycles. The largest absolute Gasteiger partial charge is 0.508 e. The lowest BCUT2D eigenvalue weighted by Crippen LogP contribution is -2.31. The highest BCUT2D eigenvalue weighted by Gasteiger charge is 2.07. The van der Waals surface area contributed by atoms with E-state index in [4.69, 9.17) is 0 Å². The van der Waals surface area contributed by atoms with Crippen LogP contribution in [0.4, 0.5) is 4.39 Å². The molecule has 0 unspecified atom stereocenters. The Hall–Kier alpha value is -1.18. The highest BCUT2D eigenvalue weighted by molar-refractivity contribution is 7.89. The molecule has 0 saturated heterocycles. The molecule has 7 heteroatoms. The molecule has 0 amide bonds. The zero-order chi connectivity index (χ0) is 13.6. The molecule has 0 saturated carbocycles. The average Bonchev–Trinajstić information content (AvgIpc) is 2.23. The molecule has 0 radical (unpaired) electrons. The summed E-state index contributed by atoms with van der Waals surface area (Å²) < 4.78 is 37.9. The SMILES string of the molecule is CCNS(=O)(=O)CCNCc1cc(O)cc(F)c1. The molecule has 3 N–H and O–H groups in total. The van der Waals surface area contributed by atoms with E-state index in [1.807, 2.05) is 0 Å². The molecule has 1 rings (SSSR count). The number of sulfonamides is 1. The number of halogens is 1. The fraction of sp³-hybridized carbons (Fsp3) is 0.455. The minimum absolute atomic E-state index is 0.0395. The third-order valence-electron chi connectivity index (χ3n) is 2.18. The fourth-order valence-electron chi connectivity index (χ4n) is 1.47. The Balaban J connectivity index is 2.38. The van der Waals surface area contributed by atoms with E-state index in [1.165, 1.54) is 12.1 Å². The average molecular weight is 276 g/mol. The van der Waals surface area contributed by atoms with Crippen molar-refractivity contribution in [3.05, 3.63) is 29.6 Å². The molecular weight excluding hydrogens is 259 g/mol. The second-order valence-corrected chi connectivity index (χ2v) is 5.74. The topological polar surface area (TPSA) is 78.4 Å². The number of hydrogen-bond donors (Lipinski definition) is 3. The highest BCUT2D eigenvalue weighted by atomic mass is 32.2. The van der Waals surface area contributed by atoms with Crippen LogP contribution in [0.5, 0.6) is 5.75 Å². The number of aromatic hydroxyl groups is 1. The van der Waals surface area contributed by atoms with Gasteiger partial charge in [-0.3, -0.25) is 0 Å². The van der Waals surface area contributed by atoms with Gasteiger partial charge in [0.05, 0.1) is 5.75 Å². The smallest absolute Gasteiger partial charge is 0.212 e. The minimum atomic E-state index is -3.24. The van der Waals surface area contributed by atoms with Crippen LogP contribution in [0.3, 0.4) is 0 Å². The molecule has 1 aromatic carbocycles. The van der Waals surface area contributed by atoms with E-state index in [-0.39, 0.29) is 18.0 Å². The summed E-state index contributed by atoms with van der Waals surface area (Å²) in [5.41, 5.74) is 0.563. The van der Waals surface area contributed by atoms with E-state index >= 15 is 0 Å². The van der Waals surface area contributed by atoms with Gasteiger partial charge in [0.1, 0.15) is 11.6 Å². The van der Waals surface area contributed by atoms with Crippen LogP contribution in [0.15, 0.2) is 18.2 Å². The van der Waals surface area contributed by atoms with Crippen LogP contribution in [0.25, 0.3) is 0 Å². The maximum absolute atomic E-state index is 12.9. The Morgan fingerprint density at radius 1 is 1.33 bits per heavy atom. The quantitative estimate of drug-likeness (QED) is 0.636. The van der Waals surface area contributed by atoms with Crippen molar-refractivity contribution in [2.75, 3.05) is 18.8 Å². The maximum Gasteiger partial charge on any atom is 0.212 e. The third kappa shape index (κ3) is 5.44. The maximum atomic E-state index is 12.9. The summed E-state index contributed by atoms with van der Waals surface area (Å²) >= 11 is 0. The summed E-state index contributed by atoms with van der Waals surface area (Å²) in [5.74, 6) is -0.707. The van der Waals surface area contributed by atoms with Gasteiger partial charge in [-0.1, -0.05) is 6.92 Å². The van der Waals surface area contributed by atoms with E-state index < -0.39 is 15.8 Å². The van der Waals surface area contributed by atoms with Crippen LogP contribution in [0, 0.1) is 5.82 Å². The molecule has 18 heavy (non-hydrogen) atoms. The molecule has 0 bridgehead atoms. The second-order valence-electron chi connectivity index (χ2n) is 3.81. The van der Waals surface area contributed by atoms with Crippen molar-refractivity contribution in [2.45, 2.75) is 13.5 Å². The third-order valence-corrected chi connectivity index (χ3v) is 3.65. The van der Waals surface area contributed by atoms with Gasteiger partial charge in [0, 0.05) is 25.7 Å². The molecular formula is C11H17FN2O3S. The van der Waals surface area contributed by atoms with Crippen molar-refractivity contribution in [1.29, 1.82) is 0 Å². The van der Waals surface area contributed by atoms with Crippen molar-refractivity contribution in [2.24, 2.45) is 0 Å². The predicted molar refractivity (Wildman–Crippen MR) is 67.2 cm³/mol. The number of phenolic OH excluding ortho intramolecular Hbond substituents is 1. The van der Waals surface area contributed by atoms with Crippen LogP contribution in [0.1, 0.15) is 12.5 Å². The number of rotatable bonds is 7. The normalized spacial score (nSPS) is 11.7. The molecule has 0 heterocycles. The zero-order valence-electron chi connectivity index (χ0n) is 10.1. The molecule has 0 aliphatic heterocycles. The van der Waals surface area contributed by atoms with E-state index in [0.717, 1.165) is 6.07 Å². The summed E-state index contributed by atoms with van der Waals surface area (Å²) in [7, 11) is -3.24. The fourth-order valence-corrected chi connectivity index (χ4v) is 2.46. The van der Waals surface area contributed by atoms with Gasteiger partial charge in [-0.05, 0) is 17.7 Å². The number of phenols is 1. The monoisotopic (exact) mass is 276 g/mol. The molecule has 102 valence electrons. The van der Waals surface area contributed by atoms with Gasteiger partial charge >= 0.3 is 0 Å². The Kier molecular flexibility index (Phi) is 5.52. The van der Waals surface area contributed by atoms with Crippen molar-refractivity contribution >= 4 is 10.0 Å². The molecule has 0 spiro atoms. The number of benzene rings is 1. The predicted octanol–water partition coefficient (Wildman–Crippen LogP) is 0.560. The van der Waals surface area contributed by atoms with Crippen molar-refractivity contribution in [1.82, 2.24) is 10.0 Å². The van der Waals surface area contributed by atoms with Gasteiger partial charge in [-0.2, -0.15) is 0 Å². The van der Waals surface area contributed by atoms with Crippen molar-refractivity contribution in [3.63, 3.8) is 0 Å². The summed E-state index contributed by atoms with van der Waals surface area (Å²) in [6.07, 6.45) is 0. The Labute approximate surface area is 106 Å². The van der Waals surface area contributed by atoms with Gasteiger partial charge in [0.25, 0.3) is 0 Å². The van der Waals surface area contributed by atoms with Gasteiger partial charge in [0.2, 0.25) is 10.0 Å². The zero-order valence-corrected chi connectivity index (χ0v) is 10.9. The molecule has 0 aliphatic carbocycles. The first-order valence-electron chi connectivity index (χ1n) is 5.59. The van der Waals surface area contributed by atoms with E-state index in [0.29, 0.717) is 18.7 Å². The lowest BCUT2D eigenvalue weighted by molar-refractivity contribution is 0.467. The van der Waals surface area contributed by atoms with Crippen LogP contribution in [-0.4, -0.2) is 32.4 Å². The number of nitrogens with one attached hydrogen (secondary N) is 2. The molecule has 5 nitrogen and oxygen atoms in total. The highest BCUT2D eigenvalue weighted by Crippen LogP contribution is 2.14. The summed E-state index contributed by atoms with van der Waals surface area (Å²) in [6, 6.07) is 3.72. The van der Waals surface area contributed by atoms with Gasteiger partial charge < -0.3 is 10.4 Å². The molecule has 0 aliphatic rings. The number of hydrogen-bond acceptors (Lipinski definition) is 4. The lowest BCUT2D eigenvalue weighted by atomic mass is 10.2. The van der Waals surface area contributed by atoms with E-state index in [1.54, 1.807) is 6.92 Å². The van der Waals surface area contributed by atoms with Crippen molar-refractivity contribution < 1.29 is 17.9 Å². The molecule has 1 aromatic rings. The Morgan fingerprint density at radius 2 is 2.06 bits per heavy atom. The van der Waals surface area contributed by atoms with Crippen LogP contribution in [0.2, 0.25) is 0 Å². The van der Waals surface area contributed by atoms with Gasteiger partial charge in [-0.15, -0.1) is 0 Å².